The number of carboxylic acid groups (broad SMARTS) is 1. The lowest BCUT2D eigenvalue weighted by molar-refractivity contribution is 0.0691. The van der Waals surface area contributed by atoms with Crippen molar-refractivity contribution in [1.82, 2.24) is 10.3 Å². The SMILES string of the molecule is Cl.O=C(O)c1cc(=O)c2cc(F)c(N3CCNCC3)c(C3CC3)c2[nH]1. The topological polar surface area (TPSA) is 85.4 Å². The van der Waals surface area contributed by atoms with Crippen molar-refractivity contribution in [2.45, 2.75) is 18.8 Å². The van der Waals surface area contributed by atoms with E-state index in [1.165, 1.54) is 6.07 Å². The van der Waals surface area contributed by atoms with Crippen LogP contribution in [0.1, 0.15) is 34.8 Å². The summed E-state index contributed by atoms with van der Waals surface area (Å²) in [5, 5.41) is 12.7. The third-order valence-corrected chi connectivity index (χ3v) is 4.74. The molecule has 1 aliphatic heterocycles. The van der Waals surface area contributed by atoms with Gasteiger partial charge in [-0.25, -0.2) is 9.18 Å². The fourth-order valence-electron chi connectivity index (χ4n) is 3.46. The second-order valence-electron chi connectivity index (χ2n) is 6.41. The first-order chi connectivity index (χ1) is 11.6. The number of nitrogens with zero attached hydrogens (tertiary/aromatic N) is 1. The van der Waals surface area contributed by atoms with E-state index in [1.807, 2.05) is 4.90 Å². The lowest BCUT2D eigenvalue weighted by Gasteiger charge is -2.32. The van der Waals surface area contributed by atoms with Crippen molar-refractivity contribution in [3.8, 4) is 0 Å². The lowest BCUT2D eigenvalue weighted by Crippen LogP contribution is -2.44. The molecule has 134 valence electrons. The molecule has 1 aromatic heterocycles. The number of carbonyl (C=O) groups is 1. The highest BCUT2D eigenvalue weighted by atomic mass is 35.5. The van der Waals surface area contributed by atoms with E-state index >= 15 is 0 Å². The minimum Gasteiger partial charge on any atom is -0.477 e. The van der Waals surface area contributed by atoms with Crippen molar-refractivity contribution in [3.63, 3.8) is 0 Å². The minimum absolute atomic E-state index is 0. The number of pyridine rings is 1. The highest BCUT2D eigenvalue weighted by molar-refractivity contribution is 5.93. The third kappa shape index (κ3) is 3.09. The summed E-state index contributed by atoms with van der Waals surface area (Å²) in [6, 6.07) is 2.26. The molecular formula is C17H19ClFN3O3. The van der Waals surface area contributed by atoms with Crippen LogP contribution < -0.4 is 15.6 Å². The number of nitrogens with one attached hydrogen (secondary N) is 2. The molecule has 0 amide bonds. The van der Waals surface area contributed by atoms with Gasteiger partial charge in [0.15, 0.2) is 5.43 Å². The van der Waals surface area contributed by atoms with E-state index in [2.05, 4.69) is 10.3 Å². The number of anilines is 1. The van der Waals surface area contributed by atoms with Crippen molar-refractivity contribution >= 4 is 35.0 Å². The zero-order valence-electron chi connectivity index (χ0n) is 13.5. The number of carboxylic acids is 1. The van der Waals surface area contributed by atoms with Gasteiger partial charge in [0.1, 0.15) is 11.5 Å². The molecule has 2 aliphatic rings. The van der Waals surface area contributed by atoms with E-state index in [0.717, 1.165) is 37.6 Å². The summed E-state index contributed by atoms with van der Waals surface area (Å²) in [6.45, 7) is 2.91. The number of benzene rings is 1. The number of hydrogen-bond donors (Lipinski definition) is 3. The molecule has 1 aromatic carbocycles. The lowest BCUT2D eigenvalue weighted by atomic mass is 10.0. The van der Waals surface area contributed by atoms with Crippen LogP contribution in [0.2, 0.25) is 0 Å². The Labute approximate surface area is 149 Å². The summed E-state index contributed by atoms with van der Waals surface area (Å²) in [4.78, 5) is 28.4. The van der Waals surface area contributed by atoms with Gasteiger partial charge in [0.05, 0.1) is 11.2 Å². The normalized spacial score (nSPS) is 17.4. The Morgan fingerprint density at radius 1 is 1.24 bits per heavy atom. The average Bonchev–Trinajstić information content (AvgIpc) is 3.39. The van der Waals surface area contributed by atoms with Gasteiger partial charge in [-0.1, -0.05) is 0 Å². The van der Waals surface area contributed by atoms with Gasteiger partial charge in [-0.15, -0.1) is 12.4 Å². The predicted molar refractivity (Wildman–Crippen MR) is 95.8 cm³/mol. The summed E-state index contributed by atoms with van der Waals surface area (Å²) in [5.74, 6) is -1.42. The molecule has 0 radical (unpaired) electrons. The summed E-state index contributed by atoms with van der Waals surface area (Å²) in [5.41, 5.74) is 1.12. The highest BCUT2D eigenvalue weighted by Gasteiger charge is 2.33. The van der Waals surface area contributed by atoms with Gasteiger partial charge < -0.3 is 20.3 Å². The average molecular weight is 368 g/mol. The van der Waals surface area contributed by atoms with E-state index in [0.29, 0.717) is 24.3 Å². The van der Waals surface area contributed by atoms with Gasteiger partial charge in [-0.2, -0.15) is 0 Å². The standard InChI is InChI=1S/C17H18FN3O3.ClH/c18-11-7-10-13(22)8-12(17(23)24)20-15(10)14(9-1-2-9)16(11)21-5-3-19-4-6-21;/h7-9,19H,1-6H2,(H,20,22)(H,23,24);1H. The van der Waals surface area contributed by atoms with Gasteiger partial charge >= 0.3 is 5.97 Å². The van der Waals surface area contributed by atoms with Crippen molar-refractivity contribution in [1.29, 1.82) is 0 Å². The number of aromatic nitrogens is 1. The Balaban J connectivity index is 0.00000182. The number of fused-ring (bicyclic) bond motifs is 1. The van der Waals surface area contributed by atoms with Crippen LogP contribution in [0.3, 0.4) is 0 Å². The molecule has 25 heavy (non-hydrogen) atoms. The quantitative estimate of drug-likeness (QED) is 0.773. The molecule has 0 unspecified atom stereocenters. The molecule has 0 bridgehead atoms. The molecular weight excluding hydrogens is 349 g/mol. The number of aromatic amines is 1. The van der Waals surface area contributed by atoms with Crippen LogP contribution in [-0.4, -0.2) is 42.2 Å². The molecule has 0 atom stereocenters. The van der Waals surface area contributed by atoms with Crippen LogP contribution in [0.5, 0.6) is 0 Å². The van der Waals surface area contributed by atoms with Crippen LogP contribution in [-0.2, 0) is 0 Å². The predicted octanol–water partition coefficient (Wildman–Crippen LogP) is 2.07. The van der Waals surface area contributed by atoms with Crippen LogP contribution in [0.15, 0.2) is 16.9 Å². The van der Waals surface area contributed by atoms with E-state index in [4.69, 9.17) is 0 Å². The third-order valence-electron chi connectivity index (χ3n) is 4.74. The first-order valence-electron chi connectivity index (χ1n) is 8.14. The Morgan fingerprint density at radius 2 is 1.92 bits per heavy atom. The molecule has 6 nitrogen and oxygen atoms in total. The molecule has 8 heteroatoms. The fraction of sp³-hybridized carbons (Fsp3) is 0.412. The molecule has 1 saturated carbocycles. The van der Waals surface area contributed by atoms with Gasteiger partial charge in [0, 0.05) is 43.2 Å². The zero-order chi connectivity index (χ0) is 16.8. The fourth-order valence-corrected chi connectivity index (χ4v) is 3.46. The van der Waals surface area contributed by atoms with Crippen molar-refractivity contribution in [3.05, 3.63) is 39.4 Å². The smallest absolute Gasteiger partial charge is 0.352 e. The molecule has 4 rings (SSSR count). The summed E-state index contributed by atoms with van der Waals surface area (Å²) >= 11 is 0. The largest absolute Gasteiger partial charge is 0.477 e. The van der Waals surface area contributed by atoms with Gasteiger partial charge in [0.2, 0.25) is 0 Å². The Kier molecular flexibility index (Phi) is 4.71. The maximum atomic E-state index is 14.9. The molecule has 2 aromatic rings. The van der Waals surface area contributed by atoms with E-state index in [9.17, 15) is 19.1 Å². The molecule has 3 N–H and O–H groups in total. The van der Waals surface area contributed by atoms with E-state index < -0.39 is 17.2 Å². The first-order valence-corrected chi connectivity index (χ1v) is 8.14. The molecule has 0 spiro atoms. The van der Waals surface area contributed by atoms with E-state index in [-0.39, 0.29) is 29.4 Å². The molecule has 2 heterocycles. The number of rotatable bonds is 3. The van der Waals surface area contributed by atoms with Crippen LogP contribution in [0.25, 0.3) is 10.9 Å². The maximum Gasteiger partial charge on any atom is 0.352 e. The number of aromatic carboxylic acids is 1. The molecule has 1 saturated heterocycles. The molecule has 1 aliphatic carbocycles. The van der Waals surface area contributed by atoms with Crippen molar-refractivity contribution in [2.75, 3.05) is 31.1 Å². The zero-order valence-corrected chi connectivity index (χ0v) is 14.3. The monoisotopic (exact) mass is 367 g/mol. The number of piperazine rings is 1. The minimum atomic E-state index is -1.19. The van der Waals surface area contributed by atoms with E-state index in [1.54, 1.807) is 0 Å². The second kappa shape index (κ2) is 6.65. The van der Waals surface area contributed by atoms with Crippen molar-refractivity contribution in [2.24, 2.45) is 0 Å². The van der Waals surface area contributed by atoms with Crippen LogP contribution in [0, 0.1) is 5.82 Å². The Hall–Kier alpha value is -2.12. The Morgan fingerprint density at radius 3 is 2.52 bits per heavy atom. The number of halogens is 2. The van der Waals surface area contributed by atoms with Gasteiger partial charge in [0.25, 0.3) is 0 Å². The summed E-state index contributed by atoms with van der Waals surface area (Å²) in [6.07, 6.45) is 1.86. The van der Waals surface area contributed by atoms with Crippen LogP contribution >= 0.6 is 12.4 Å². The maximum absolute atomic E-state index is 14.9. The second-order valence-corrected chi connectivity index (χ2v) is 6.41. The highest BCUT2D eigenvalue weighted by Crippen LogP contribution is 2.48. The van der Waals surface area contributed by atoms with Gasteiger partial charge in [-0.05, 0) is 24.8 Å². The number of hydrogen-bond acceptors (Lipinski definition) is 4. The van der Waals surface area contributed by atoms with Crippen molar-refractivity contribution < 1.29 is 14.3 Å². The summed E-state index contributed by atoms with van der Waals surface area (Å²) in [7, 11) is 0. The molecule has 2 fully saturated rings. The Bertz CT molecular complexity index is 889. The van der Waals surface area contributed by atoms with Gasteiger partial charge in [-0.3, -0.25) is 4.79 Å². The summed E-state index contributed by atoms with van der Waals surface area (Å²) < 4.78 is 14.9. The van der Waals surface area contributed by atoms with Crippen LogP contribution in [0.4, 0.5) is 10.1 Å². The first kappa shape index (κ1) is 17.7. The number of H-pyrrole nitrogens is 1.